The van der Waals surface area contributed by atoms with Crippen LogP contribution in [0.5, 0.6) is 0 Å². The molecule has 0 saturated carbocycles. The Morgan fingerprint density at radius 1 is 1.32 bits per heavy atom. The highest BCUT2D eigenvalue weighted by atomic mass is 16.1. The van der Waals surface area contributed by atoms with Crippen LogP contribution in [0.15, 0.2) is 30.5 Å². The van der Waals surface area contributed by atoms with E-state index in [9.17, 15) is 4.79 Å². The minimum absolute atomic E-state index is 0.000853. The van der Waals surface area contributed by atoms with Gasteiger partial charge in [0.2, 0.25) is 5.91 Å². The second kappa shape index (κ2) is 6.97. The number of fused-ring (bicyclic) bond motifs is 1. The van der Waals surface area contributed by atoms with Crippen LogP contribution in [-0.4, -0.2) is 30.5 Å². The van der Waals surface area contributed by atoms with Crippen LogP contribution in [0.25, 0.3) is 10.9 Å². The summed E-state index contributed by atoms with van der Waals surface area (Å²) in [5.41, 5.74) is 2.36. The maximum Gasteiger partial charge on any atom is 0.223 e. The summed E-state index contributed by atoms with van der Waals surface area (Å²) < 4.78 is 0. The molecule has 1 aliphatic heterocycles. The summed E-state index contributed by atoms with van der Waals surface area (Å²) in [6, 6.07) is 8.25. The standard InChI is InChI=1S/C18H25N3O/c1-13(18(22)21-11-14-6-8-19-9-7-14)10-15-12-20-17-5-3-2-4-16(15)17/h2-5,12-14,19-20H,6-11H2,1H3,(H,21,22). The number of rotatable bonds is 5. The lowest BCUT2D eigenvalue weighted by atomic mass is 9.97. The van der Waals surface area contributed by atoms with Crippen molar-refractivity contribution in [1.29, 1.82) is 0 Å². The molecule has 1 fully saturated rings. The van der Waals surface area contributed by atoms with Crippen molar-refractivity contribution in [3.8, 4) is 0 Å². The number of carbonyl (C=O) groups excluding carboxylic acids is 1. The molecule has 1 amide bonds. The molecule has 118 valence electrons. The van der Waals surface area contributed by atoms with Crippen molar-refractivity contribution in [2.24, 2.45) is 11.8 Å². The van der Waals surface area contributed by atoms with Gasteiger partial charge in [-0.1, -0.05) is 25.1 Å². The van der Waals surface area contributed by atoms with E-state index in [1.807, 2.05) is 25.3 Å². The van der Waals surface area contributed by atoms with E-state index in [0.29, 0.717) is 5.92 Å². The second-order valence-corrected chi connectivity index (χ2v) is 6.40. The first-order valence-corrected chi connectivity index (χ1v) is 8.27. The molecule has 1 aliphatic rings. The summed E-state index contributed by atoms with van der Waals surface area (Å²) >= 11 is 0. The number of nitrogens with one attached hydrogen (secondary N) is 3. The molecule has 22 heavy (non-hydrogen) atoms. The van der Waals surface area contributed by atoms with Crippen molar-refractivity contribution in [2.75, 3.05) is 19.6 Å². The number of aromatic amines is 1. The van der Waals surface area contributed by atoms with Crippen LogP contribution in [0.3, 0.4) is 0 Å². The largest absolute Gasteiger partial charge is 0.361 e. The maximum atomic E-state index is 12.3. The Kier molecular flexibility index (Phi) is 4.78. The van der Waals surface area contributed by atoms with E-state index in [4.69, 9.17) is 0 Å². The Hall–Kier alpha value is -1.81. The number of para-hydroxylation sites is 1. The van der Waals surface area contributed by atoms with Gasteiger partial charge in [-0.05, 0) is 49.9 Å². The second-order valence-electron chi connectivity index (χ2n) is 6.40. The number of hydrogen-bond donors (Lipinski definition) is 3. The number of amides is 1. The Morgan fingerprint density at radius 2 is 2.09 bits per heavy atom. The van der Waals surface area contributed by atoms with Gasteiger partial charge in [0.25, 0.3) is 0 Å². The van der Waals surface area contributed by atoms with Gasteiger partial charge >= 0.3 is 0 Å². The smallest absolute Gasteiger partial charge is 0.223 e. The van der Waals surface area contributed by atoms with E-state index in [1.165, 1.54) is 10.9 Å². The zero-order chi connectivity index (χ0) is 15.4. The molecule has 0 radical (unpaired) electrons. The lowest BCUT2D eigenvalue weighted by Crippen LogP contribution is -2.38. The molecule has 3 rings (SSSR count). The molecule has 4 nitrogen and oxygen atoms in total. The van der Waals surface area contributed by atoms with Crippen LogP contribution >= 0.6 is 0 Å². The van der Waals surface area contributed by atoms with Crippen LogP contribution in [-0.2, 0) is 11.2 Å². The maximum absolute atomic E-state index is 12.3. The first kappa shape index (κ1) is 15.1. The molecule has 1 unspecified atom stereocenters. The third kappa shape index (κ3) is 3.50. The third-order valence-electron chi connectivity index (χ3n) is 4.67. The van der Waals surface area contributed by atoms with Crippen molar-refractivity contribution in [3.63, 3.8) is 0 Å². The lowest BCUT2D eigenvalue weighted by Gasteiger charge is -2.23. The van der Waals surface area contributed by atoms with Crippen molar-refractivity contribution in [1.82, 2.24) is 15.6 Å². The molecule has 1 saturated heterocycles. The monoisotopic (exact) mass is 299 g/mol. The molecule has 2 aromatic rings. The van der Waals surface area contributed by atoms with Crippen LogP contribution in [0.1, 0.15) is 25.3 Å². The van der Waals surface area contributed by atoms with Gasteiger partial charge in [0.1, 0.15) is 0 Å². The lowest BCUT2D eigenvalue weighted by molar-refractivity contribution is -0.124. The zero-order valence-electron chi connectivity index (χ0n) is 13.2. The minimum Gasteiger partial charge on any atom is -0.361 e. The summed E-state index contributed by atoms with van der Waals surface area (Å²) in [7, 11) is 0. The summed E-state index contributed by atoms with van der Waals surface area (Å²) in [5, 5.41) is 7.71. The van der Waals surface area contributed by atoms with E-state index >= 15 is 0 Å². The predicted molar refractivity (Wildman–Crippen MR) is 89.8 cm³/mol. The third-order valence-corrected chi connectivity index (χ3v) is 4.67. The van der Waals surface area contributed by atoms with Gasteiger partial charge < -0.3 is 15.6 Å². The molecule has 0 aliphatic carbocycles. The summed E-state index contributed by atoms with van der Waals surface area (Å²) in [5.74, 6) is 0.801. The molecular formula is C18H25N3O. The molecule has 1 aromatic carbocycles. The Labute approximate surface area is 131 Å². The Morgan fingerprint density at radius 3 is 2.91 bits per heavy atom. The van der Waals surface area contributed by atoms with Gasteiger partial charge in [-0.25, -0.2) is 0 Å². The van der Waals surface area contributed by atoms with Crippen molar-refractivity contribution >= 4 is 16.8 Å². The first-order chi connectivity index (χ1) is 10.7. The van der Waals surface area contributed by atoms with Gasteiger partial charge in [0, 0.05) is 29.6 Å². The molecule has 4 heteroatoms. The molecule has 1 aromatic heterocycles. The Balaban J connectivity index is 1.54. The van der Waals surface area contributed by atoms with Crippen LogP contribution in [0.2, 0.25) is 0 Å². The summed E-state index contributed by atoms with van der Waals surface area (Å²) in [6.07, 6.45) is 5.14. The van der Waals surface area contributed by atoms with Gasteiger partial charge in [-0.2, -0.15) is 0 Å². The molecule has 2 heterocycles. The molecule has 1 atom stereocenters. The highest BCUT2D eigenvalue weighted by Crippen LogP contribution is 2.21. The van der Waals surface area contributed by atoms with Crippen molar-refractivity contribution in [3.05, 3.63) is 36.0 Å². The molecule has 0 spiro atoms. The molecule has 3 N–H and O–H groups in total. The van der Waals surface area contributed by atoms with E-state index in [0.717, 1.165) is 44.4 Å². The van der Waals surface area contributed by atoms with E-state index in [2.05, 4.69) is 27.8 Å². The van der Waals surface area contributed by atoms with Crippen LogP contribution in [0.4, 0.5) is 0 Å². The fraction of sp³-hybridized carbons (Fsp3) is 0.500. The molecule has 0 bridgehead atoms. The normalized spacial score (nSPS) is 17.5. The SMILES string of the molecule is CC(Cc1c[nH]c2ccccc12)C(=O)NCC1CCNCC1. The zero-order valence-corrected chi connectivity index (χ0v) is 13.2. The van der Waals surface area contributed by atoms with E-state index in [-0.39, 0.29) is 11.8 Å². The van der Waals surface area contributed by atoms with Gasteiger partial charge in [0.05, 0.1) is 0 Å². The minimum atomic E-state index is 0.000853. The number of benzene rings is 1. The number of hydrogen-bond acceptors (Lipinski definition) is 2. The van der Waals surface area contributed by atoms with Gasteiger partial charge in [-0.15, -0.1) is 0 Å². The topological polar surface area (TPSA) is 56.9 Å². The van der Waals surface area contributed by atoms with Gasteiger partial charge in [0.15, 0.2) is 0 Å². The van der Waals surface area contributed by atoms with E-state index in [1.54, 1.807) is 0 Å². The van der Waals surface area contributed by atoms with E-state index < -0.39 is 0 Å². The molecular weight excluding hydrogens is 274 g/mol. The quantitative estimate of drug-likeness (QED) is 0.794. The Bertz CT molecular complexity index is 628. The fourth-order valence-electron chi connectivity index (χ4n) is 3.23. The predicted octanol–water partition coefficient (Wildman–Crippen LogP) is 2.46. The fourth-order valence-corrected chi connectivity index (χ4v) is 3.23. The highest BCUT2D eigenvalue weighted by molar-refractivity contribution is 5.84. The van der Waals surface area contributed by atoms with Gasteiger partial charge in [-0.3, -0.25) is 4.79 Å². The summed E-state index contributed by atoms with van der Waals surface area (Å²) in [6.45, 7) is 4.98. The van der Waals surface area contributed by atoms with Crippen LogP contribution in [0, 0.1) is 11.8 Å². The number of piperidine rings is 1. The van der Waals surface area contributed by atoms with Crippen molar-refractivity contribution < 1.29 is 4.79 Å². The number of carbonyl (C=O) groups is 1. The van der Waals surface area contributed by atoms with Crippen molar-refractivity contribution in [2.45, 2.75) is 26.2 Å². The average molecular weight is 299 g/mol. The average Bonchev–Trinajstić information content (AvgIpc) is 2.97. The first-order valence-electron chi connectivity index (χ1n) is 8.27. The van der Waals surface area contributed by atoms with Crippen LogP contribution < -0.4 is 10.6 Å². The number of aromatic nitrogens is 1. The highest BCUT2D eigenvalue weighted by Gasteiger charge is 2.18. The summed E-state index contributed by atoms with van der Waals surface area (Å²) in [4.78, 5) is 15.6. The number of H-pyrrole nitrogens is 1.